The fourth-order valence-electron chi connectivity index (χ4n) is 1.61. The molecule has 17 heavy (non-hydrogen) atoms. The van der Waals surface area contributed by atoms with E-state index in [4.69, 9.17) is 4.18 Å². The molecule has 0 N–H and O–H groups in total. The molecule has 0 unspecified atom stereocenters. The van der Waals surface area contributed by atoms with Crippen LogP contribution in [0, 0.1) is 0 Å². The minimum Gasteiger partial charge on any atom is -0.265 e. The van der Waals surface area contributed by atoms with E-state index in [1.807, 2.05) is 18.2 Å². The Morgan fingerprint density at radius 3 is 2.12 bits per heavy atom. The largest absolute Gasteiger partial charge is 0.265 e. The van der Waals surface area contributed by atoms with E-state index in [0.717, 1.165) is 17.9 Å². The fraction of sp³-hybridized carbons (Fsp3) is 0.500. The Labute approximate surface area is 105 Å². The molecule has 1 rings (SSSR count). The lowest BCUT2D eigenvalue weighted by Crippen LogP contribution is -2.24. The summed E-state index contributed by atoms with van der Waals surface area (Å²) < 4.78 is 26.8. The Morgan fingerprint density at radius 2 is 1.65 bits per heavy atom. The standard InChI is InChI=1S/C12H20O3SSi/c1-16(13,14)15-9-11-7-5-6-8-12(11)10-17(2,3)4/h5-8H,9-10H2,1-4H3. The van der Waals surface area contributed by atoms with Crippen molar-refractivity contribution in [3.8, 4) is 0 Å². The van der Waals surface area contributed by atoms with Gasteiger partial charge in [-0.05, 0) is 17.2 Å². The highest BCUT2D eigenvalue weighted by Gasteiger charge is 2.16. The third-order valence-corrected chi connectivity index (χ3v) is 4.26. The van der Waals surface area contributed by atoms with Gasteiger partial charge >= 0.3 is 0 Å². The number of hydrogen-bond acceptors (Lipinski definition) is 3. The van der Waals surface area contributed by atoms with E-state index < -0.39 is 18.2 Å². The second kappa shape index (κ2) is 5.33. The summed E-state index contributed by atoms with van der Waals surface area (Å²) in [5, 5.41) is 0. The molecule has 0 aliphatic carbocycles. The third kappa shape index (κ3) is 6.00. The first-order valence-electron chi connectivity index (χ1n) is 5.58. The Bertz CT molecular complexity index is 475. The van der Waals surface area contributed by atoms with Gasteiger partial charge in [0, 0.05) is 8.07 Å². The summed E-state index contributed by atoms with van der Waals surface area (Å²) in [6, 6.07) is 8.92. The second-order valence-corrected chi connectivity index (χ2v) is 12.6. The van der Waals surface area contributed by atoms with Gasteiger partial charge in [-0.1, -0.05) is 43.9 Å². The van der Waals surface area contributed by atoms with Crippen LogP contribution >= 0.6 is 0 Å². The molecule has 0 radical (unpaired) electrons. The zero-order chi connectivity index (χ0) is 13.1. The van der Waals surface area contributed by atoms with Crippen molar-refractivity contribution in [2.45, 2.75) is 32.3 Å². The second-order valence-electron chi connectivity index (χ2n) is 5.47. The van der Waals surface area contributed by atoms with Crippen molar-refractivity contribution in [3.05, 3.63) is 35.4 Å². The maximum atomic E-state index is 11.0. The van der Waals surface area contributed by atoms with Gasteiger partial charge in [0.1, 0.15) is 0 Å². The Kier molecular flexibility index (Phi) is 4.52. The highest BCUT2D eigenvalue weighted by Crippen LogP contribution is 2.17. The van der Waals surface area contributed by atoms with E-state index in [-0.39, 0.29) is 6.61 Å². The molecule has 0 aliphatic heterocycles. The van der Waals surface area contributed by atoms with Gasteiger partial charge in [0.2, 0.25) is 0 Å². The molecule has 1 aromatic rings. The van der Waals surface area contributed by atoms with Crippen LogP contribution in [0.5, 0.6) is 0 Å². The Morgan fingerprint density at radius 1 is 1.12 bits per heavy atom. The first-order chi connectivity index (χ1) is 7.67. The third-order valence-electron chi connectivity index (χ3n) is 2.27. The van der Waals surface area contributed by atoms with Crippen molar-refractivity contribution < 1.29 is 12.6 Å². The van der Waals surface area contributed by atoms with Crippen LogP contribution in [0.25, 0.3) is 0 Å². The number of benzene rings is 1. The smallest absolute Gasteiger partial charge is 0.264 e. The molecule has 0 saturated carbocycles. The molecule has 0 spiro atoms. The Hall–Kier alpha value is -0.653. The van der Waals surface area contributed by atoms with Crippen molar-refractivity contribution in [1.29, 1.82) is 0 Å². The molecule has 0 aromatic heterocycles. The van der Waals surface area contributed by atoms with Gasteiger partial charge in [-0.25, -0.2) is 0 Å². The predicted molar refractivity (Wildman–Crippen MR) is 73.1 cm³/mol. The van der Waals surface area contributed by atoms with Crippen LogP contribution in [0.4, 0.5) is 0 Å². The van der Waals surface area contributed by atoms with Crippen LogP contribution in [-0.2, 0) is 27.0 Å². The van der Waals surface area contributed by atoms with E-state index in [2.05, 4.69) is 25.7 Å². The van der Waals surface area contributed by atoms with E-state index in [1.54, 1.807) is 0 Å². The molecule has 0 aliphatic rings. The summed E-state index contributed by atoms with van der Waals surface area (Å²) in [6.07, 6.45) is 1.08. The lowest BCUT2D eigenvalue weighted by Gasteiger charge is -2.18. The van der Waals surface area contributed by atoms with Crippen molar-refractivity contribution in [3.63, 3.8) is 0 Å². The van der Waals surface area contributed by atoms with E-state index in [9.17, 15) is 8.42 Å². The molecule has 96 valence electrons. The topological polar surface area (TPSA) is 43.4 Å². The number of hydrogen-bond donors (Lipinski definition) is 0. The van der Waals surface area contributed by atoms with Crippen LogP contribution in [0.3, 0.4) is 0 Å². The number of rotatable bonds is 5. The van der Waals surface area contributed by atoms with Crippen molar-refractivity contribution in [1.82, 2.24) is 0 Å². The van der Waals surface area contributed by atoms with E-state index in [1.165, 1.54) is 5.56 Å². The minimum atomic E-state index is -3.37. The van der Waals surface area contributed by atoms with Gasteiger partial charge in [-0.2, -0.15) is 8.42 Å². The van der Waals surface area contributed by atoms with Gasteiger partial charge in [-0.15, -0.1) is 0 Å². The monoisotopic (exact) mass is 272 g/mol. The van der Waals surface area contributed by atoms with Crippen molar-refractivity contribution in [2.75, 3.05) is 6.26 Å². The van der Waals surface area contributed by atoms with Gasteiger partial charge in [0.05, 0.1) is 12.9 Å². The fourth-order valence-corrected chi connectivity index (χ4v) is 3.44. The quantitative estimate of drug-likeness (QED) is 0.611. The summed E-state index contributed by atoms with van der Waals surface area (Å²) in [7, 11) is -4.58. The van der Waals surface area contributed by atoms with Gasteiger partial charge in [0.15, 0.2) is 0 Å². The van der Waals surface area contributed by atoms with Crippen LogP contribution < -0.4 is 0 Å². The van der Waals surface area contributed by atoms with Gasteiger partial charge in [0.25, 0.3) is 10.1 Å². The molecular weight excluding hydrogens is 252 g/mol. The molecule has 0 atom stereocenters. The summed E-state index contributed by atoms with van der Waals surface area (Å²) >= 11 is 0. The van der Waals surface area contributed by atoms with Crippen molar-refractivity contribution >= 4 is 18.2 Å². The average molecular weight is 272 g/mol. The summed E-state index contributed by atoms with van der Waals surface area (Å²) in [6.45, 7) is 7.02. The molecule has 0 bridgehead atoms. The first-order valence-corrected chi connectivity index (χ1v) is 11.1. The molecule has 0 heterocycles. The Balaban J connectivity index is 2.85. The van der Waals surface area contributed by atoms with Crippen molar-refractivity contribution in [2.24, 2.45) is 0 Å². The van der Waals surface area contributed by atoms with E-state index >= 15 is 0 Å². The maximum absolute atomic E-state index is 11.0. The minimum absolute atomic E-state index is 0.138. The summed E-state index contributed by atoms with van der Waals surface area (Å²) in [5.41, 5.74) is 2.18. The zero-order valence-electron chi connectivity index (χ0n) is 10.9. The molecule has 0 saturated heterocycles. The molecule has 0 fully saturated rings. The van der Waals surface area contributed by atoms with Crippen LogP contribution in [0.15, 0.2) is 24.3 Å². The lowest BCUT2D eigenvalue weighted by molar-refractivity contribution is 0.311. The molecular formula is C12H20O3SSi. The van der Waals surface area contributed by atoms with Gasteiger partial charge < -0.3 is 0 Å². The van der Waals surface area contributed by atoms with Crippen LogP contribution in [0.1, 0.15) is 11.1 Å². The summed E-state index contributed by atoms with van der Waals surface area (Å²) in [5.74, 6) is 0. The van der Waals surface area contributed by atoms with E-state index in [0.29, 0.717) is 0 Å². The van der Waals surface area contributed by atoms with Gasteiger partial charge in [-0.3, -0.25) is 4.18 Å². The first kappa shape index (κ1) is 14.4. The lowest BCUT2D eigenvalue weighted by atomic mass is 10.1. The molecule has 5 heteroatoms. The highest BCUT2D eigenvalue weighted by atomic mass is 32.2. The molecule has 1 aromatic carbocycles. The highest BCUT2D eigenvalue weighted by molar-refractivity contribution is 7.85. The zero-order valence-corrected chi connectivity index (χ0v) is 12.7. The van der Waals surface area contributed by atoms with Crippen LogP contribution in [-0.4, -0.2) is 22.7 Å². The molecule has 0 amide bonds. The maximum Gasteiger partial charge on any atom is 0.264 e. The molecule has 3 nitrogen and oxygen atoms in total. The normalized spacial score (nSPS) is 12.7. The van der Waals surface area contributed by atoms with Crippen LogP contribution in [0.2, 0.25) is 19.6 Å². The SMILES string of the molecule is C[Si](C)(C)Cc1ccccc1COS(C)(=O)=O. The average Bonchev–Trinajstić information content (AvgIpc) is 2.12. The summed E-state index contributed by atoms with van der Waals surface area (Å²) in [4.78, 5) is 0. The predicted octanol–water partition coefficient (Wildman–Crippen LogP) is 2.58.